The summed E-state index contributed by atoms with van der Waals surface area (Å²) in [6, 6.07) is 53.1. The van der Waals surface area contributed by atoms with Crippen LogP contribution in [0.1, 0.15) is 89.0 Å². The van der Waals surface area contributed by atoms with E-state index in [0.29, 0.717) is 56.4 Å². The molecule has 86 heavy (non-hydrogen) atoms. The highest BCUT2D eigenvalue weighted by molar-refractivity contribution is 6.06. The van der Waals surface area contributed by atoms with Crippen LogP contribution < -0.4 is 18.9 Å². The van der Waals surface area contributed by atoms with E-state index in [4.69, 9.17) is 49.5 Å². The predicted octanol–water partition coefficient (Wildman–Crippen LogP) is 16.5. The molecule has 1 aliphatic heterocycles. The molecular formula is C74H36N4O8. The molecule has 0 fully saturated rings. The van der Waals surface area contributed by atoms with Crippen LogP contribution in [0.5, 0.6) is 34.5 Å². The maximum Gasteiger partial charge on any atom is 0.193 e. The van der Waals surface area contributed by atoms with E-state index in [1.807, 2.05) is 109 Å². The second-order valence-corrected chi connectivity index (χ2v) is 22.0. The number of nitriles is 4. The standard InChI is InChI=1S/C74H36N4O8/c1-7-37-17-19-41-43-23-59(79-5)60(80-6)27-55(43)74(53(41)21-37)54-22-38(8-2)18-20-42(54)46-26-63-66(30-58(46)74)86-72-49(33-77)69-71(50(34-78)70(72)83-63)85-65-29-57-45(25-62(65)82-69)40-14-10-12-16-52(40)73(57)51-15-11-9-13-39(51)44-24-61-64(28-56(44)73)84-68-48(32-76)36(4)35(3)47(31-75)67(68)81-61/h1-2,9-30H,3-6H3. The number of benzene rings is 10. The van der Waals surface area contributed by atoms with Gasteiger partial charge in [0.15, 0.2) is 79.2 Å². The molecule has 5 aliphatic rings. The molecule has 0 radical (unpaired) electrons. The van der Waals surface area contributed by atoms with Gasteiger partial charge in [-0.25, -0.2) is 0 Å². The van der Waals surface area contributed by atoms with Crippen molar-refractivity contribution in [3.05, 3.63) is 222 Å². The second kappa shape index (κ2) is 16.7. The van der Waals surface area contributed by atoms with Crippen LogP contribution >= 0.6 is 0 Å². The van der Waals surface area contributed by atoms with E-state index in [-0.39, 0.29) is 67.3 Å². The molecule has 0 saturated carbocycles. The molecule has 0 amide bonds. The first kappa shape index (κ1) is 48.4. The number of methoxy groups -OCH3 is 2. The fourth-order valence-corrected chi connectivity index (χ4v) is 14.7. The fourth-order valence-electron chi connectivity index (χ4n) is 14.7. The molecule has 12 aromatic rings. The quantitative estimate of drug-likeness (QED) is 0.118. The number of hydrogen-bond donors (Lipinski definition) is 0. The lowest BCUT2D eigenvalue weighted by molar-refractivity contribution is 0.354. The van der Waals surface area contributed by atoms with Crippen LogP contribution in [-0.2, 0) is 10.8 Å². The van der Waals surface area contributed by atoms with Gasteiger partial charge in [-0.2, -0.15) is 21.0 Å². The van der Waals surface area contributed by atoms with Gasteiger partial charge in [-0.05, 0) is 187 Å². The Morgan fingerprint density at radius 3 is 1.19 bits per heavy atom. The molecule has 3 heterocycles. The minimum Gasteiger partial charge on any atom is -0.493 e. The van der Waals surface area contributed by atoms with Gasteiger partial charge in [0.2, 0.25) is 0 Å². The smallest absolute Gasteiger partial charge is 0.193 e. The SMILES string of the molecule is C#Cc1ccc2c(c1)C1(c3cc(C#C)ccc3-c3cc4oc5c(C#N)c6oc7cc8c(cc7oc6c(C#N)c5oc4cc31)-c1ccccc1C81c3ccccc3-c3cc4c(cc31)Oc1c(C#N)c(C)c(C)c(C#N)c1O4)c1cc(OC)c(OC)cc1-2. The summed E-state index contributed by atoms with van der Waals surface area (Å²) in [6.45, 7) is 3.60. The van der Waals surface area contributed by atoms with Crippen LogP contribution in [0.3, 0.4) is 0 Å². The molecule has 17 rings (SSSR count). The van der Waals surface area contributed by atoms with E-state index in [9.17, 15) is 21.0 Å². The van der Waals surface area contributed by atoms with Gasteiger partial charge < -0.3 is 36.6 Å². The lowest BCUT2D eigenvalue weighted by Gasteiger charge is -2.31. The zero-order chi connectivity index (χ0) is 58.4. The van der Waals surface area contributed by atoms with Crippen LogP contribution in [-0.4, -0.2) is 14.2 Å². The molecule has 2 aromatic heterocycles. The Kier molecular flexibility index (Phi) is 9.38. The Labute approximate surface area is 489 Å². The van der Waals surface area contributed by atoms with Crippen molar-refractivity contribution in [2.75, 3.05) is 14.2 Å². The summed E-state index contributed by atoms with van der Waals surface area (Å²) in [7, 11) is 3.21. The van der Waals surface area contributed by atoms with Crippen molar-refractivity contribution in [1.29, 1.82) is 21.0 Å². The summed E-state index contributed by atoms with van der Waals surface area (Å²) >= 11 is 0. The van der Waals surface area contributed by atoms with Crippen molar-refractivity contribution in [3.63, 3.8) is 0 Å². The molecule has 0 saturated heterocycles. The van der Waals surface area contributed by atoms with Crippen molar-refractivity contribution in [2.24, 2.45) is 0 Å². The maximum atomic E-state index is 11.3. The molecule has 12 heteroatoms. The summed E-state index contributed by atoms with van der Waals surface area (Å²) in [4.78, 5) is 0. The van der Waals surface area contributed by atoms with Crippen LogP contribution in [0.4, 0.5) is 0 Å². The summed E-state index contributed by atoms with van der Waals surface area (Å²) in [5, 5.41) is 43.3. The molecule has 400 valence electrons. The number of ether oxygens (including phenoxy) is 4. The van der Waals surface area contributed by atoms with Gasteiger partial charge in [0.1, 0.15) is 46.5 Å². The minimum atomic E-state index is -1.02. The maximum absolute atomic E-state index is 11.3. The lowest BCUT2D eigenvalue weighted by atomic mass is 9.70. The first-order valence-corrected chi connectivity index (χ1v) is 27.4. The Morgan fingerprint density at radius 1 is 0.372 bits per heavy atom. The Morgan fingerprint density at radius 2 is 0.733 bits per heavy atom. The lowest BCUT2D eigenvalue weighted by Crippen LogP contribution is -2.26. The van der Waals surface area contributed by atoms with Gasteiger partial charge in [0.05, 0.1) is 25.0 Å². The van der Waals surface area contributed by atoms with Crippen molar-refractivity contribution < 1.29 is 36.6 Å². The van der Waals surface area contributed by atoms with Gasteiger partial charge in [-0.1, -0.05) is 72.5 Å². The first-order valence-electron chi connectivity index (χ1n) is 27.4. The topological polar surface area (TPSA) is 185 Å². The predicted molar refractivity (Wildman–Crippen MR) is 320 cm³/mol. The van der Waals surface area contributed by atoms with E-state index in [1.165, 1.54) is 0 Å². The number of hydrogen-bond acceptors (Lipinski definition) is 12. The highest BCUT2D eigenvalue weighted by atomic mass is 16.6. The largest absolute Gasteiger partial charge is 0.493 e. The Bertz CT molecular complexity index is 5640. The third-order valence-electron chi connectivity index (χ3n) is 18.4. The highest BCUT2D eigenvalue weighted by Gasteiger charge is 2.55. The second-order valence-electron chi connectivity index (χ2n) is 22.0. The van der Waals surface area contributed by atoms with Gasteiger partial charge in [0, 0.05) is 11.1 Å². The molecule has 2 unspecified atom stereocenters. The third kappa shape index (κ3) is 5.65. The normalized spacial score (nSPS) is 15.9. The summed E-state index contributed by atoms with van der Waals surface area (Å²) in [5.41, 5.74) is 16.6. The van der Waals surface area contributed by atoms with Crippen molar-refractivity contribution >= 4 is 44.7 Å². The first-order chi connectivity index (χ1) is 42.1. The monoisotopic (exact) mass is 1110 g/mol. The van der Waals surface area contributed by atoms with Crippen molar-refractivity contribution in [2.45, 2.75) is 24.7 Å². The zero-order valence-electron chi connectivity index (χ0n) is 45.9. The van der Waals surface area contributed by atoms with Gasteiger partial charge in [-0.3, -0.25) is 0 Å². The third-order valence-corrected chi connectivity index (χ3v) is 18.4. The summed E-state index contributed by atoms with van der Waals surface area (Å²) < 4.78 is 52.7. The minimum absolute atomic E-state index is 0.0148. The molecular weight excluding hydrogens is 1070 g/mol. The number of nitrogens with zero attached hydrogens (tertiary/aromatic N) is 4. The summed E-state index contributed by atoms with van der Waals surface area (Å²) in [5.74, 6) is 7.94. The molecule has 10 aromatic carbocycles. The zero-order valence-corrected chi connectivity index (χ0v) is 45.9. The van der Waals surface area contributed by atoms with E-state index in [2.05, 4.69) is 60.4 Å². The molecule has 0 bridgehead atoms. The van der Waals surface area contributed by atoms with E-state index < -0.39 is 10.8 Å². The van der Waals surface area contributed by atoms with Crippen LogP contribution in [0.2, 0.25) is 0 Å². The molecule has 0 N–H and O–H groups in total. The van der Waals surface area contributed by atoms with Crippen LogP contribution in [0.15, 0.2) is 151 Å². The molecule has 2 atom stereocenters. The molecule has 12 nitrogen and oxygen atoms in total. The van der Waals surface area contributed by atoms with Gasteiger partial charge in [0.25, 0.3) is 0 Å². The van der Waals surface area contributed by atoms with E-state index in [1.54, 1.807) is 28.1 Å². The highest BCUT2D eigenvalue weighted by Crippen LogP contribution is 2.67. The van der Waals surface area contributed by atoms with E-state index >= 15 is 0 Å². The fraction of sp³-hybridized carbons (Fsp3) is 0.0811. The Hall–Kier alpha value is -12.3. The summed E-state index contributed by atoms with van der Waals surface area (Å²) in [6.07, 6.45) is 12.3. The molecule has 4 aliphatic carbocycles. The van der Waals surface area contributed by atoms with E-state index in [0.717, 1.165) is 89.0 Å². The average Bonchev–Trinajstić information content (AvgIpc) is 1.51. The van der Waals surface area contributed by atoms with Gasteiger partial charge >= 0.3 is 0 Å². The van der Waals surface area contributed by atoms with Crippen molar-refractivity contribution in [1.82, 2.24) is 0 Å². The van der Waals surface area contributed by atoms with Crippen LogP contribution in [0, 0.1) is 83.9 Å². The Balaban J connectivity index is 0.897. The average molecular weight is 1110 g/mol. The van der Waals surface area contributed by atoms with Crippen molar-refractivity contribution in [3.8, 4) is 128 Å². The van der Waals surface area contributed by atoms with Gasteiger partial charge in [-0.15, -0.1) is 12.8 Å². The van der Waals surface area contributed by atoms with Crippen LogP contribution in [0.25, 0.3) is 89.2 Å². The molecule has 2 spiro atoms. The number of terminal acetylenes is 2. The number of fused-ring (bicyclic) bond motifs is 26. The number of rotatable bonds is 2.